The van der Waals surface area contributed by atoms with Crippen molar-refractivity contribution in [1.82, 2.24) is 5.32 Å². The minimum Gasteiger partial charge on any atom is -0.314 e. The summed E-state index contributed by atoms with van der Waals surface area (Å²) in [6.07, 6.45) is 3.62. The van der Waals surface area contributed by atoms with Crippen molar-refractivity contribution in [2.45, 2.75) is 46.1 Å². The van der Waals surface area contributed by atoms with Gasteiger partial charge >= 0.3 is 0 Å². The molecular weight excluding hydrogens is 134 g/mol. The standard InChI is InChI=1S/C10H21N/c1-5-10(11-6-2)8-7-9(3)4/h10-11H,3,5-8H2,1-2,4H3. The van der Waals surface area contributed by atoms with E-state index in [9.17, 15) is 0 Å². The highest BCUT2D eigenvalue weighted by molar-refractivity contribution is 4.88. The van der Waals surface area contributed by atoms with Crippen LogP contribution in [-0.4, -0.2) is 12.6 Å². The maximum Gasteiger partial charge on any atom is 0.00673 e. The summed E-state index contributed by atoms with van der Waals surface area (Å²) in [7, 11) is 0. The Bertz CT molecular complexity index is 107. The average molecular weight is 155 g/mol. The van der Waals surface area contributed by atoms with Gasteiger partial charge in [-0.3, -0.25) is 0 Å². The van der Waals surface area contributed by atoms with Crippen LogP contribution in [0.1, 0.15) is 40.0 Å². The molecule has 0 aliphatic carbocycles. The van der Waals surface area contributed by atoms with Gasteiger partial charge in [0.2, 0.25) is 0 Å². The molecule has 1 unspecified atom stereocenters. The highest BCUT2D eigenvalue weighted by Crippen LogP contribution is 2.06. The van der Waals surface area contributed by atoms with Crippen molar-refractivity contribution in [2.24, 2.45) is 0 Å². The second kappa shape index (κ2) is 6.41. The summed E-state index contributed by atoms with van der Waals surface area (Å²) in [5, 5.41) is 3.45. The monoisotopic (exact) mass is 155 g/mol. The highest BCUT2D eigenvalue weighted by Gasteiger charge is 2.02. The Balaban J connectivity index is 3.43. The van der Waals surface area contributed by atoms with Crippen molar-refractivity contribution in [3.8, 4) is 0 Å². The topological polar surface area (TPSA) is 12.0 Å². The molecule has 1 atom stereocenters. The zero-order chi connectivity index (χ0) is 8.69. The molecule has 0 aromatic rings. The molecule has 0 rings (SSSR count). The van der Waals surface area contributed by atoms with E-state index in [0.29, 0.717) is 6.04 Å². The van der Waals surface area contributed by atoms with E-state index in [0.717, 1.165) is 13.0 Å². The van der Waals surface area contributed by atoms with Crippen LogP contribution in [0.15, 0.2) is 12.2 Å². The fourth-order valence-electron chi connectivity index (χ4n) is 1.16. The van der Waals surface area contributed by atoms with Crippen molar-refractivity contribution in [3.63, 3.8) is 0 Å². The summed E-state index contributed by atoms with van der Waals surface area (Å²) >= 11 is 0. The average Bonchev–Trinajstić information content (AvgIpc) is 1.97. The van der Waals surface area contributed by atoms with E-state index in [4.69, 9.17) is 0 Å². The Labute approximate surface area is 70.9 Å². The largest absolute Gasteiger partial charge is 0.314 e. The SMILES string of the molecule is C=C(C)CCC(CC)NCC. The molecule has 1 heteroatoms. The lowest BCUT2D eigenvalue weighted by Crippen LogP contribution is -2.27. The van der Waals surface area contributed by atoms with E-state index in [1.54, 1.807) is 0 Å². The predicted octanol–water partition coefficient (Wildman–Crippen LogP) is 2.73. The van der Waals surface area contributed by atoms with Crippen LogP contribution < -0.4 is 5.32 Å². The summed E-state index contributed by atoms with van der Waals surface area (Å²) in [5.74, 6) is 0. The zero-order valence-corrected chi connectivity index (χ0v) is 8.11. The van der Waals surface area contributed by atoms with Crippen molar-refractivity contribution in [3.05, 3.63) is 12.2 Å². The van der Waals surface area contributed by atoms with Gasteiger partial charge < -0.3 is 5.32 Å². The van der Waals surface area contributed by atoms with Gasteiger partial charge in [-0.1, -0.05) is 19.4 Å². The Kier molecular flexibility index (Phi) is 6.24. The summed E-state index contributed by atoms with van der Waals surface area (Å²) in [6, 6.07) is 0.691. The molecular formula is C10H21N. The zero-order valence-electron chi connectivity index (χ0n) is 8.11. The van der Waals surface area contributed by atoms with Crippen LogP contribution >= 0.6 is 0 Å². The van der Waals surface area contributed by atoms with Gasteiger partial charge in [-0.25, -0.2) is 0 Å². The van der Waals surface area contributed by atoms with E-state index in [-0.39, 0.29) is 0 Å². The number of allylic oxidation sites excluding steroid dienone is 1. The normalized spacial score (nSPS) is 13.0. The first-order chi connectivity index (χ1) is 5.20. The van der Waals surface area contributed by atoms with Gasteiger partial charge in [-0.15, -0.1) is 6.58 Å². The molecule has 0 aromatic carbocycles. The van der Waals surface area contributed by atoms with Crippen molar-refractivity contribution < 1.29 is 0 Å². The molecule has 1 nitrogen and oxygen atoms in total. The Hall–Kier alpha value is -0.300. The smallest absolute Gasteiger partial charge is 0.00673 e. The van der Waals surface area contributed by atoms with Crippen LogP contribution in [0.4, 0.5) is 0 Å². The van der Waals surface area contributed by atoms with Gasteiger partial charge in [-0.05, 0) is 32.7 Å². The third kappa shape index (κ3) is 6.11. The van der Waals surface area contributed by atoms with Crippen LogP contribution in [0.3, 0.4) is 0 Å². The maximum absolute atomic E-state index is 3.89. The lowest BCUT2D eigenvalue weighted by molar-refractivity contribution is 0.480. The minimum atomic E-state index is 0.691. The minimum absolute atomic E-state index is 0.691. The van der Waals surface area contributed by atoms with E-state index in [1.807, 2.05) is 0 Å². The van der Waals surface area contributed by atoms with Gasteiger partial charge in [0, 0.05) is 6.04 Å². The second-order valence-electron chi connectivity index (χ2n) is 3.16. The highest BCUT2D eigenvalue weighted by atomic mass is 14.9. The predicted molar refractivity (Wildman–Crippen MR) is 51.8 cm³/mol. The molecule has 1 N–H and O–H groups in total. The van der Waals surface area contributed by atoms with E-state index in [2.05, 4.69) is 32.7 Å². The Morgan fingerprint density at radius 1 is 1.45 bits per heavy atom. The molecule has 0 aromatic heterocycles. The lowest BCUT2D eigenvalue weighted by Gasteiger charge is -2.14. The maximum atomic E-state index is 3.89. The van der Waals surface area contributed by atoms with Gasteiger partial charge in [0.25, 0.3) is 0 Å². The molecule has 0 heterocycles. The lowest BCUT2D eigenvalue weighted by atomic mass is 10.1. The van der Waals surface area contributed by atoms with Gasteiger partial charge in [0.15, 0.2) is 0 Å². The van der Waals surface area contributed by atoms with E-state index < -0.39 is 0 Å². The number of rotatable bonds is 6. The molecule has 0 spiro atoms. The number of hydrogen-bond donors (Lipinski definition) is 1. The molecule has 0 aliphatic heterocycles. The molecule has 11 heavy (non-hydrogen) atoms. The summed E-state index contributed by atoms with van der Waals surface area (Å²) in [5.41, 5.74) is 1.29. The molecule has 0 bridgehead atoms. The third-order valence-electron chi connectivity index (χ3n) is 1.91. The first-order valence-electron chi connectivity index (χ1n) is 4.58. The quantitative estimate of drug-likeness (QED) is 0.582. The molecule has 0 amide bonds. The van der Waals surface area contributed by atoms with Crippen molar-refractivity contribution >= 4 is 0 Å². The Morgan fingerprint density at radius 2 is 2.09 bits per heavy atom. The van der Waals surface area contributed by atoms with Crippen molar-refractivity contribution in [2.75, 3.05) is 6.54 Å². The molecule has 66 valence electrons. The molecule has 0 saturated carbocycles. The van der Waals surface area contributed by atoms with Crippen LogP contribution in [0.5, 0.6) is 0 Å². The Morgan fingerprint density at radius 3 is 2.45 bits per heavy atom. The fourth-order valence-corrected chi connectivity index (χ4v) is 1.16. The first kappa shape index (κ1) is 10.7. The third-order valence-corrected chi connectivity index (χ3v) is 1.91. The van der Waals surface area contributed by atoms with Gasteiger partial charge in [-0.2, -0.15) is 0 Å². The fraction of sp³-hybridized carbons (Fsp3) is 0.800. The first-order valence-corrected chi connectivity index (χ1v) is 4.58. The van der Waals surface area contributed by atoms with Crippen molar-refractivity contribution in [1.29, 1.82) is 0 Å². The van der Waals surface area contributed by atoms with Crippen LogP contribution in [0, 0.1) is 0 Å². The second-order valence-corrected chi connectivity index (χ2v) is 3.16. The van der Waals surface area contributed by atoms with Crippen LogP contribution in [-0.2, 0) is 0 Å². The van der Waals surface area contributed by atoms with Gasteiger partial charge in [0.1, 0.15) is 0 Å². The molecule has 0 saturated heterocycles. The molecule has 0 fully saturated rings. The number of nitrogens with one attached hydrogen (secondary N) is 1. The summed E-state index contributed by atoms with van der Waals surface area (Å²) < 4.78 is 0. The summed E-state index contributed by atoms with van der Waals surface area (Å²) in [4.78, 5) is 0. The van der Waals surface area contributed by atoms with Crippen LogP contribution in [0.25, 0.3) is 0 Å². The summed E-state index contributed by atoms with van der Waals surface area (Å²) in [6.45, 7) is 11.5. The van der Waals surface area contributed by atoms with Gasteiger partial charge in [0.05, 0.1) is 0 Å². The van der Waals surface area contributed by atoms with E-state index >= 15 is 0 Å². The van der Waals surface area contributed by atoms with Crippen LogP contribution in [0.2, 0.25) is 0 Å². The number of hydrogen-bond acceptors (Lipinski definition) is 1. The molecule has 0 aliphatic rings. The molecule has 0 radical (unpaired) electrons. The van der Waals surface area contributed by atoms with E-state index in [1.165, 1.54) is 18.4 Å².